The number of amides is 3. The van der Waals surface area contributed by atoms with E-state index in [1.165, 1.54) is 36.7 Å². The van der Waals surface area contributed by atoms with Gasteiger partial charge in [0.25, 0.3) is 17.7 Å². The number of hydrogen-bond donors (Lipinski definition) is 2. The molecule has 0 saturated carbocycles. The highest BCUT2D eigenvalue weighted by Crippen LogP contribution is 2.36. The van der Waals surface area contributed by atoms with Crippen LogP contribution in [0.25, 0.3) is 16.8 Å². The van der Waals surface area contributed by atoms with E-state index in [9.17, 15) is 31.9 Å². The van der Waals surface area contributed by atoms with E-state index in [1.807, 2.05) is 0 Å². The molecule has 3 heterocycles. The van der Waals surface area contributed by atoms with Crippen LogP contribution in [0.4, 0.5) is 29.2 Å². The Kier molecular flexibility index (Phi) is 7.31. The van der Waals surface area contributed by atoms with Crippen LogP contribution in [0.1, 0.15) is 39.8 Å². The monoisotopic (exact) mass is 584 g/mol. The smallest absolute Gasteiger partial charge is 0.267 e. The molecule has 5 rings (SSSR count). The van der Waals surface area contributed by atoms with Crippen LogP contribution in [0.5, 0.6) is 5.75 Å². The van der Waals surface area contributed by atoms with E-state index in [-0.39, 0.29) is 46.3 Å². The first-order valence-corrected chi connectivity index (χ1v) is 12.7. The predicted octanol–water partition coefficient (Wildman–Crippen LogP) is 4.68. The number of aromatic nitrogens is 3. The second-order valence-electron chi connectivity index (χ2n) is 9.70. The molecule has 3 amide bonds. The number of halogens is 4. The molecule has 2 aromatic heterocycles. The highest BCUT2D eigenvalue weighted by molar-refractivity contribution is 6.09. The Morgan fingerprint density at radius 2 is 1.81 bits per heavy atom. The molecular formula is C28H24F4N6O4. The Bertz CT molecular complexity index is 1760. The normalized spacial score (nSPS) is 14.2. The number of hydrogen-bond acceptors (Lipinski definition) is 6. The van der Waals surface area contributed by atoms with Crippen molar-refractivity contribution in [2.75, 3.05) is 30.8 Å². The van der Waals surface area contributed by atoms with E-state index < -0.39 is 53.8 Å². The van der Waals surface area contributed by atoms with Gasteiger partial charge >= 0.3 is 0 Å². The molecule has 0 spiro atoms. The van der Waals surface area contributed by atoms with Crippen molar-refractivity contribution in [3.63, 3.8) is 0 Å². The van der Waals surface area contributed by atoms with Gasteiger partial charge in [0, 0.05) is 36.6 Å². The van der Waals surface area contributed by atoms with Gasteiger partial charge in [-0.25, -0.2) is 22.5 Å². The minimum atomic E-state index is -3.07. The number of ether oxygens (including phenoxy) is 1. The van der Waals surface area contributed by atoms with Crippen LogP contribution in [-0.2, 0) is 4.79 Å². The number of aryl methyl sites for hydroxylation is 1. The quantitative estimate of drug-likeness (QED) is 0.318. The zero-order chi connectivity index (χ0) is 30.3. The summed E-state index contributed by atoms with van der Waals surface area (Å²) in [5.74, 6) is -7.12. The molecule has 14 heteroatoms. The molecule has 42 heavy (non-hydrogen) atoms. The summed E-state index contributed by atoms with van der Waals surface area (Å²) >= 11 is 0. The van der Waals surface area contributed by atoms with Crippen molar-refractivity contribution in [3.8, 4) is 16.9 Å². The van der Waals surface area contributed by atoms with Crippen LogP contribution in [0, 0.1) is 18.6 Å². The molecule has 2 N–H and O–H groups in total. The topological polar surface area (TPSA) is 118 Å². The van der Waals surface area contributed by atoms with E-state index in [4.69, 9.17) is 4.74 Å². The fraction of sp³-hybridized carbons (Fsp3) is 0.250. The lowest BCUT2D eigenvalue weighted by atomic mass is 9.99. The second-order valence-corrected chi connectivity index (χ2v) is 9.70. The maximum atomic E-state index is 14.8. The van der Waals surface area contributed by atoms with Crippen LogP contribution in [-0.4, -0.2) is 63.3 Å². The fourth-order valence-electron chi connectivity index (χ4n) is 4.76. The number of methoxy groups -OCH3 is 1. The zero-order valence-corrected chi connectivity index (χ0v) is 22.6. The minimum absolute atomic E-state index is 0.0145. The van der Waals surface area contributed by atoms with Gasteiger partial charge in [-0.2, -0.15) is 4.52 Å². The molecule has 0 unspecified atom stereocenters. The maximum absolute atomic E-state index is 14.8. The van der Waals surface area contributed by atoms with Crippen LogP contribution in [0.3, 0.4) is 0 Å². The number of benzene rings is 2. The summed E-state index contributed by atoms with van der Waals surface area (Å²) in [6.45, 7) is 1.84. The Morgan fingerprint density at radius 1 is 1.05 bits per heavy atom. The Hall–Kier alpha value is -5.01. The van der Waals surface area contributed by atoms with Crippen molar-refractivity contribution < 1.29 is 36.7 Å². The van der Waals surface area contributed by atoms with Crippen molar-refractivity contribution >= 4 is 35.0 Å². The average Bonchev–Trinajstić information content (AvgIpc) is 3.44. The van der Waals surface area contributed by atoms with Gasteiger partial charge in [-0.1, -0.05) is 6.07 Å². The van der Waals surface area contributed by atoms with Gasteiger partial charge in [0.1, 0.15) is 22.9 Å². The third kappa shape index (κ3) is 5.34. The number of nitrogens with one attached hydrogen (secondary N) is 2. The van der Waals surface area contributed by atoms with Crippen LogP contribution in [0.15, 0.2) is 42.5 Å². The van der Waals surface area contributed by atoms with Gasteiger partial charge in [-0.3, -0.25) is 14.4 Å². The van der Waals surface area contributed by atoms with Crippen molar-refractivity contribution in [3.05, 3.63) is 70.9 Å². The summed E-state index contributed by atoms with van der Waals surface area (Å²) in [5, 5.41) is 9.49. The first-order chi connectivity index (χ1) is 19.9. The van der Waals surface area contributed by atoms with E-state index >= 15 is 0 Å². The van der Waals surface area contributed by atoms with Crippen molar-refractivity contribution in [1.82, 2.24) is 19.5 Å². The highest BCUT2D eigenvalue weighted by atomic mass is 19.3. The summed E-state index contributed by atoms with van der Waals surface area (Å²) in [4.78, 5) is 43.9. The molecule has 4 aromatic rings. The van der Waals surface area contributed by atoms with E-state index in [1.54, 1.807) is 6.92 Å². The van der Waals surface area contributed by atoms with Crippen LogP contribution in [0.2, 0.25) is 0 Å². The molecule has 1 fully saturated rings. The summed E-state index contributed by atoms with van der Waals surface area (Å²) in [6, 6.07) is 8.31. The molecule has 218 valence electrons. The van der Waals surface area contributed by atoms with Gasteiger partial charge in [-0.15, -0.1) is 5.10 Å². The number of alkyl halides is 2. The minimum Gasteiger partial charge on any atom is -0.496 e. The van der Waals surface area contributed by atoms with Crippen molar-refractivity contribution in [2.45, 2.75) is 26.2 Å². The van der Waals surface area contributed by atoms with Gasteiger partial charge in [-0.05, 0) is 43.3 Å². The molecule has 0 atom stereocenters. The van der Waals surface area contributed by atoms with Crippen LogP contribution < -0.4 is 15.4 Å². The number of rotatable bonds is 6. The molecule has 0 aliphatic carbocycles. The first kappa shape index (κ1) is 28.5. The van der Waals surface area contributed by atoms with Crippen molar-refractivity contribution in [2.24, 2.45) is 0 Å². The first-order valence-electron chi connectivity index (χ1n) is 12.7. The number of fused-ring (bicyclic) bond motifs is 1. The van der Waals surface area contributed by atoms with Crippen molar-refractivity contribution in [1.29, 1.82) is 0 Å². The molecule has 2 aromatic carbocycles. The maximum Gasteiger partial charge on any atom is 0.267 e. The number of anilines is 2. The van der Waals surface area contributed by atoms with Gasteiger partial charge in [0.05, 0.1) is 19.3 Å². The fourth-order valence-corrected chi connectivity index (χ4v) is 4.76. The zero-order valence-electron chi connectivity index (χ0n) is 22.6. The summed E-state index contributed by atoms with van der Waals surface area (Å²) in [6.07, 6.45) is -0.520. The van der Waals surface area contributed by atoms with Gasteiger partial charge in [0.2, 0.25) is 5.91 Å². The number of carbonyl (C=O) groups excluding carboxylic acids is 3. The highest BCUT2D eigenvalue weighted by Gasteiger charge is 2.41. The summed E-state index contributed by atoms with van der Waals surface area (Å²) < 4.78 is 63.6. The molecule has 1 saturated heterocycles. The predicted molar refractivity (Wildman–Crippen MR) is 144 cm³/mol. The lowest BCUT2D eigenvalue weighted by Crippen LogP contribution is -2.31. The van der Waals surface area contributed by atoms with Gasteiger partial charge in [0.15, 0.2) is 17.3 Å². The Labute approximate surface area is 236 Å². The lowest BCUT2D eigenvalue weighted by molar-refractivity contribution is -0.114. The number of likely N-dealkylation sites (tertiary alicyclic amines) is 1. The van der Waals surface area contributed by atoms with Crippen LogP contribution >= 0.6 is 0 Å². The lowest BCUT2D eigenvalue weighted by Gasteiger charge is -2.20. The van der Waals surface area contributed by atoms with E-state index in [2.05, 4.69) is 20.7 Å². The third-order valence-electron chi connectivity index (χ3n) is 6.69. The standard InChI is InChI=1S/C28H24F4N6O4/c1-14-25(34-15(2)39)38-22(33-14)12-19(24(36-38)35-26(40)23-20(30)5-4-6-21(23)42-3)18-11-16(29)7-8-17(18)27(41)37-10-9-28(31,32)13-37/h4-8,11-12H,9-10,13H2,1-3H3,(H,34,39)(H,35,36,40). The molecular weight excluding hydrogens is 560 g/mol. The van der Waals surface area contributed by atoms with Gasteiger partial charge < -0.3 is 20.3 Å². The van der Waals surface area contributed by atoms with E-state index in [0.29, 0.717) is 5.69 Å². The molecule has 0 radical (unpaired) electrons. The molecule has 1 aliphatic heterocycles. The third-order valence-corrected chi connectivity index (χ3v) is 6.69. The summed E-state index contributed by atoms with van der Waals surface area (Å²) in [7, 11) is 1.25. The van der Waals surface area contributed by atoms with E-state index in [0.717, 1.165) is 29.2 Å². The largest absolute Gasteiger partial charge is 0.496 e. The number of carbonyl (C=O) groups is 3. The summed E-state index contributed by atoms with van der Waals surface area (Å²) in [5.41, 5.74) is -0.195. The molecule has 10 nitrogen and oxygen atoms in total. The number of nitrogens with zero attached hydrogens (tertiary/aromatic N) is 4. The molecule has 0 bridgehead atoms. The second kappa shape index (κ2) is 10.8. The molecule has 1 aliphatic rings. The Morgan fingerprint density at radius 3 is 2.48 bits per heavy atom. The average molecular weight is 585 g/mol. The SMILES string of the molecule is COc1cccc(F)c1C(=O)Nc1nn2c(NC(C)=O)c(C)nc2cc1-c1cc(F)ccc1C(=O)N1CCC(F)(F)C1. The Balaban J connectivity index is 1.70. The number of imidazole rings is 1.